The predicted molar refractivity (Wildman–Crippen MR) is 94.9 cm³/mol. The zero-order valence-corrected chi connectivity index (χ0v) is 14.5. The average Bonchev–Trinajstić information content (AvgIpc) is 3.17. The van der Waals surface area contributed by atoms with Crippen molar-refractivity contribution in [2.24, 2.45) is 13.0 Å². The van der Waals surface area contributed by atoms with Gasteiger partial charge in [0.15, 0.2) is 0 Å². The molecule has 5 heteroatoms. The van der Waals surface area contributed by atoms with Crippen LogP contribution < -0.4 is 5.32 Å². The maximum atomic E-state index is 12.3. The Morgan fingerprint density at radius 3 is 3.00 bits per heavy atom. The molecule has 1 aromatic heterocycles. The highest BCUT2D eigenvalue weighted by Gasteiger charge is 2.26. The molecule has 1 N–H and O–H groups in total. The van der Waals surface area contributed by atoms with Crippen LogP contribution in [0.5, 0.6) is 0 Å². The second-order valence-electron chi connectivity index (χ2n) is 6.80. The molecule has 24 heavy (non-hydrogen) atoms. The summed E-state index contributed by atoms with van der Waals surface area (Å²) in [6.07, 6.45) is 6.93. The lowest BCUT2D eigenvalue weighted by molar-refractivity contribution is 0.207. The molecule has 1 aliphatic rings. The normalized spacial score (nSPS) is 17.2. The van der Waals surface area contributed by atoms with E-state index in [9.17, 15) is 4.79 Å². The third-order valence-electron chi connectivity index (χ3n) is 4.63. The molecule has 0 spiro atoms. The van der Waals surface area contributed by atoms with E-state index in [0.717, 1.165) is 32.4 Å². The van der Waals surface area contributed by atoms with Crippen LogP contribution in [0.2, 0.25) is 0 Å². The van der Waals surface area contributed by atoms with Crippen LogP contribution in [-0.2, 0) is 19.9 Å². The number of amides is 2. The SMILES string of the molecule is Cc1cccc(CCNC(=O)N2CC[C@@H](Cc3cnn(C)c3)C2)c1. The summed E-state index contributed by atoms with van der Waals surface area (Å²) in [7, 11) is 1.94. The van der Waals surface area contributed by atoms with Crippen molar-refractivity contribution in [2.75, 3.05) is 19.6 Å². The van der Waals surface area contributed by atoms with Gasteiger partial charge in [-0.1, -0.05) is 29.8 Å². The molecule has 1 aliphatic heterocycles. The smallest absolute Gasteiger partial charge is 0.317 e. The molecule has 1 aromatic carbocycles. The number of carbonyl (C=O) groups is 1. The molecule has 2 heterocycles. The van der Waals surface area contributed by atoms with Crippen molar-refractivity contribution in [1.29, 1.82) is 0 Å². The number of hydrogen-bond donors (Lipinski definition) is 1. The molecule has 1 atom stereocenters. The number of nitrogens with zero attached hydrogens (tertiary/aromatic N) is 3. The zero-order valence-electron chi connectivity index (χ0n) is 14.5. The molecule has 0 unspecified atom stereocenters. The molecule has 0 aliphatic carbocycles. The first-order valence-electron chi connectivity index (χ1n) is 8.66. The molecular weight excluding hydrogens is 300 g/mol. The van der Waals surface area contributed by atoms with Crippen LogP contribution in [0.1, 0.15) is 23.1 Å². The molecule has 3 rings (SSSR count). The number of aromatic nitrogens is 2. The number of benzene rings is 1. The molecule has 1 fully saturated rings. The van der Waals surface area contributed by atoms with Gasteiger partial charge in [0.05, 0.1) is 6.20 Å². The van der Waals surface area contributed by atoms with Crippen molar-refractivity contribution in [3.8, 4) is 0 Å². The third kappa shape index (κ3) is 4.37. The Bertz CT molecular complexity index is 694. The van der Waals surface area contributed by atoms with Crippen molar-refractivity contribution in [2.45, 2.75) is 26.2 Å². The largest absolute Gasteiger partial charge is 0.338 e. The van der Waals surface area contributed by atoms with E-state index in [2.05, 4.69) is 47.8 Å². The van der Waals surface area contributed by atoms with E-state index in [1.165, 1.54) is 16.7 Å². The van der Waals surface area contributed by atoms with E-state index in [4.69, 9.17) is 0 Å². The zero-order chi connectivity index (χ0) is 16.9. The Hall–Kier alpha value is -2.30. The van der Waals surface area contributed by atoms with E-state index >= 15 is 0 Å². The Morgan fingerprint density at radius 2 is 2.25 bits per heavy atom. The number of aryl methyl sites for hydroxylation is 2. The Kier molecular flexibility index (Phi) is 5.18. The van der Waals surface area contributed by atoms with E-state index in [0.29, 0.717) is 12.5 Å². The van der Waals surface area contributed by atoms with Crippen molar-refractivity contribution >= 4 is 6.03 Å². The molecule has 5 nitrogen and oxygen atoms in total. The highest BCUT2D eigenvalue weighted by Crippen LogP contribution is 2.20. The van der Waals surface area contributed by atoms with Crippen LogP contribution >= 0.6 is 0 Å². The second-order valence-corrected chi connectivity index (χ2v) is 6.80. The van der Waals surface area contributed by atoms with E-state index < -0.39 is 0 Å². The molecule has 1 saturated heterocycles. The number of likely N-dealkylation sites (tertiary alicyclic amines) is 1. The van der Waals surface area contributed by atoms with Gasteiger partial charge in [-0.15, -0.1) is 0 Å². The van der Waals surface area contributed by atoms with Crippen LogP contribution in [0, 0.1) is 12.8 Å². The lowest BCUT2D eigenvalue weighted by Crippen LogP contribution is -2.39. The number of hydrogen-bond acceptors (Lipinski definition) is 2. The van der Waals surface area contributed by atoms with Gasteiger partial charge in [0.1, 0.15) is 0 Å². The minimum Gasteiger partial charge on any atom is -0.338 e. The fourth-order valence-electron chi connectivity index (χ4n) is 3.39. The second kappa shape index (κ2) is 7.51. The lowest BCUT2D eigenvalue weighted by Gasteiger charge is -2.17. The Morgan fingerprint density at radius 1 is 1.38 bits per heavy atom. The minimum absolute atomic E-state index is 0.0661. The van der Waals surface area contributed by atoms with E-state index in [1.807, 2.05) is 22.8 Å². The van der Waals surface area contributed by atoms with Gasteiger partial charge in [0.2, 0.25) is 0 Å². The van der Waals surface area contributed by atoms with Crippen LogP contribution in [0.15, 0.2) is 36.7 Å². The maximum Gasteiger partial charge on any atom is 0.317 e. The average molecular weight is 326 g/mol. The van der Waals surface area contributed by atoms with Gasteiger partial charge >= 0.3 is 6.03 Å². The summed E-state index contributed by atoms with van der Waals surface area (Å²) in [6, 6.07) is 8.51. The van der Waals surface area contributed by atoms with Crippen molar-refractivity contribution in [3.63, 3.8) is 0 Å². The standard InChI is InChI=1S/C19H26N4O/c1-15-4-3-5-16(10-15)6-8-20-19(24)23-9-7-17(14-23)11-18-12-21-22(2)13-18/h3-5,10,12-13,17H,6-9,11,14H2,1-2H3,(H,20,24)/t17-/m0/s1. The van der Waals surface area contributed by atoms with Gasteiger partial charge < -0.3 is 10.2 Å². The summed E-state index contributed by atoms with van der Waals surface area (Å²) in [5.74, 6) is 0.539. The first-order valence-corrected chi connectivity index (χ1v) is 8.66. The number of rotatable bonds is 5. The number of urea groups is 1. The molecular formula is C19H26N4O. The molecule has 2 amide bonds. The summed E-state index contributed by atoms with van der Waals surface area (Å²) in [4.78, 5) is 14.2. The predicted octanol–water partition coefficient (Wildman–Crippen LogP) is 2.55. The number of nitrogens with one attached hydrogen (secondary N) is 1. The van der Waals surface area contributed by atoms with Crippen LogP contribution in [0.25, 0.3) is 0 Å². The summed E-state index contributed by atoms with van der Waals surface area (Å²) in [5.41, 5.74) is 3.78. The molecule has 0 saturated carbocycles. The minimum atomic E-state index is 0.0661. The van der Waals surface area contributed by atoms with Crippen molar-refractivity contribution < 1.29 is 4.79 Å². The number of carbonyl (C=O) groups excluding carboxylic acids is 1. The fourth-order valence-corrected chi connectivity index (χ4v) is 3.39. The van der Waals surface area contributed by atoms with Crippen molar-refractivity contribution in [3.05, 3.63) is 53.3 Å². The van der Waals surface area contributed by atoms with Crippen LogP contribution in [0.3, 0.4) is 0 Å². The fraction of sp³-hybridized carbons (Fsp3) is 0.474. The monoisotopic (exact) mass is 326 g/mol. The topological polar surface area (TPSA) is 50.2 Å². The van der Waals surface area contributed by atoms with E-state index in [-0.39, 0.29) is 6.03 Å². The van der Waals surface area contributed by atoms with Crippen LogP contribution in [-0.4, -0.2) is 40.3 Å². The lowest BCUT2D eigenvalue weighted by atomic mass is 10.0. The van der Waals surface area contributed by atoms with E-state index in [1.54, 1.807) is 0 Å². The first kappa shape index (κ1) is 16.6. The highest BCUT2D eigenvalue weighted by molar-refractivity contribution is 5.74. The molecule has 128 valence electrons. The highest BCUT2D eigenvalue weighted by atomic mass is 16.2. The van der Waals surface area contributed by atoms with Gasteiger partial charge in [0.25, 0.3) is 0 Å². The Labute approximate surface area is 143 Å². The molecule has 0 bridgehead atoms. The van der Waals surface area contributed by atoms with Gasteiger partial charge in [-0.25, -0.2) is 4.79 Å². The molecule has 0 radical (unpaired) electrons. The van der Waals surface area contributed by atoms with Gasteiger partial charge in [0, 0.05) is 32.9 Å². The Balaban J connectivity index is 1.41. The maximum absolute atomic E-state index is 12.3. The summed E-state index contributed by atoms with van der Waals surface area (Å²) in [6.45, 7) is 4.47. The summed E-state index contributed by atoms with van der Waals surface area (Å²) >= 11 is 0. The van der Waals surface area contributed by atoms with Crippen molar-refractivity contribution in [1.82, 2.24) is 20.0 Å². The first-order chi connectivity index (χ1) is 11.6. The van der Waals surface area contributed by atoms with Gasteiger partial charge in [-0.3, -0.25) is 4.68 Å². The molecule has 2 aromatic rings. The van der Waals surface area contributed by atoms with Gasteiger partial charge in [-0.05, 0) is 43.2 Å². The summed E-state index contributed by atoms with van der Waals surface area (Å²) < 4.78 is 1.83. The summed E-state index contributed by atoms with van der Waals surface area (Å²) in [5, 5.41) is 7.26. The van der Waals surface area contributed by atoms with Gasteiger partial charge in [-0.2, -0.15) is 5.10 Å². The van der Waals surface area contributed by atoms with Crippen LogP contribution in [0.4, 0.5) is 4.79 Å². The third-order valence-corrected chi connectivity index (χ3v) is 4.63. The quantitative estimate of drug-likeness (QED) is 0.918.